The van der Waals surface area contributed by atoms with Gasteiger partial charge in [-0.05, 0) is 51.9 Å². The van der Waals surface area contributed by atoms with E-state index in [2.05, 4.69) is 40.3 Å². The summed E-state index contributed by atoms with van der Waals surface area (Å²) in [5, 5.41) is 7.32. The molecule has 2 aromatic rings. The summed E-state index contributed by atoms with van der Waals surface area (Å²) in [5.41, 5.74) is 1.27. The Labute approximate surface area is 185 Å². The topological polar surface area (TPSA) is 62.6 Å². The van der Waals surface area contributed by atoms with Crippen LogP contribution in [-0.4, -0.2) is 70.4 Å². The molecule has 0 unspecified atom stereocenters. The summed E-state index contributed by atoms with van der Waals surface area (Å²) in [7, 11) is 1.73. The third kappa shape index (κ3) is 5.28. The zero-order chi connectivity index (χ0) is 21.8. The van der Waals surface area contributed by atoms with Crippen LogP contribution in [0.15, 0.2) is 42.7 Å². The highest BCUT2D eigenvalue weighted by atomic mass is 16.5. The molecule has 1 aromatic carbocycles. The number of likely N-dealkylation sites (tertiary alicyclic amines) is 2. The Kier molecular flexibility index (Phi) is 6.92. The molecule has 2 aliphatic rings. The molecular formula is C24H35N5O2. The van der Waals surface area contributed by atoms with E-state index in [0.717, 1.165) is 51.2 Å². The van der Waals surface area contributed by atoms with Crippen molar-refractivity contribution in [1.29, 1.82) is 0 Å². The number of para-hydroxylation sites is 1. The fourth-order valence-corrected chi connectivity index (χ4v) is 4.83. The van der Waals surface area contributed by atoms with Crippen molar-refractivity contribution in [3.05, 3.63) is 48.3 Å². The molecule has 1 aromatic heterocycles. The number of hydrogen-bond donors (Lipinski definition) is 1. The largest absolute Gasteiger partial charge is 0.489 e. The van der Waals surface area contributed by atoms with E-state index in [9.17, 15) is 4.79 Å². The van der Waals surface area contributed by atoms with E-state index in [0.29, 0.717) is 12.1 Å². The molecule has 31 heavy (non-hydrogen) atoms. The van der Waals surface area contributed by atoms with Gasteiger partial charge in [0, 0.05) is 50.4 Å². The van der Waals surface area contributed by atoms with Crippen LogP contribution >= 0.6 is 0 Å². The van der Waals surface area contributed by atoms with Gasteiger partial charge in [0.05, 0.1) is 12.2 Å². The molecule has 2 atom stereocenters. The first kappa shape index (κ1) is 21.8. The van der Waals surface area contributed by atoms with Crippen molar-refractivity contribution in [1.82, 2.24) is 24.9 Å². The smallest absolute Gasteiger partial charge is 0.237 e. The quantitative estimate of drug-likeness (QED) is 0.739. The van der Waals surface area contributed by atoms with Gasteiger partial charge in [-0.2, -0.15) is 5.10 Å². The number of ether oxygens (including phenoxy) is 1. The van der Waals surface area contributed by atoms with Gasteiger partial charge >= 0.3 is 0 Å². The number of nitrogens with zero attached hydrogens (tertiary/aromatic N) is 4. The summed E-state index contributed by atoms with van der Waals surface area (Å²) in [4.78, 5) is 17.5. The number of carbonyl (C=O) groups is 1. The maximum Gasteiger partial charge on any atom is 0.237 e. The molecule has 7 heteroatoms. The number of nitrogens with one attached hydrogen (secondary N) is 1. The lowest BCUT2D eigenvalue weighted by molar-refractivity contribution is -0.126. The lowest BCUT2D eigenvalue weighted by atomic mass is 10.0. The van der Waals surface area contributed by atoms with E-state index in [1.165, 1.54) is 5.56 Å². The van der Waals surface area contributed by atoms with Gasteiger partial charge in [0.15, 0.2) is 0 Å². The Morgan fingerprint density at radius 3 is 2.61 bits per heavy atom. The summed E-state index contributed by atoms with van der Waals surface area (Å²) in [6.07, 6.45) is 7.07. The third-order valence-corrected chi connectivity index (χ3v) is 6.51. The Hall–Kier alpha value is -2.38. The van der Waals surface area contributed by atoms with Crippen LogP contribution in [0.2, 0.25) is 0 Å². The molecule has 2 aliphatic heterocycles. The lowest BCUT2D eigenvalue weighted by Crippen LogP contribution is -2.50. The minimum atomic E-state index is -0.112. The van der Waals surface area contributed by atoms with Gasteiger partial charge in [0.25, 0.3) is 0 Å². The van der Waals surface area contributed by atoms with Crippen LogP contribution in [0.25, 0.3) is 0 Å². The highest BCUT2D eigenvalue weighted by Crippen LogP contribution is 2.29. The normalized spacial score (nSPS) is 23.4. The van der Waals surface area contributed by atoms with E-state index in [-0.39, 0.29) is 18.1 Å². The van der Waals surface area contributed by atoms with E-state index in [4.69, 9.17) is 4.74 Å². The van der Waals surface area contributed by atoms with Gasteiger partial charge in [-0.1, -0.05) is 18.2 Å². The van der Waals surface area contributed by atoms with Crippen molar-refractivity contribution < 1.29 is 9.53 Å². The molecule has 168 valence electrons. The van der Waals surface area contributed by atoms with E-state index in [1.807, 2.05) is 41.2 Å². The zero-order valence-electron chi connectivity index (χ0n) is 18.9. The molecule has 0 spiro atoms. The van der Waals surface area contributed by atoms with E-state index in [1.54, 1.807) is 7.05 Å². The third-order valence-electron chi connectivity index (χ3n) is 6.51. The van der Waals surface area contributed by atoms with Crippen LogP contribution in [0.5, 0.6) is 5.75 Å². The second-order valence-electron chi connectivity index (χ2n) is 9.05. The van der Waals surface area contributed by atoms with Crippen molar-refractivity contribution in [3.63, 3.8) is 0 Å². The highest BCUT2D eigenvalue weighted by Gasteiger charge is 2.41. The molecule has 2 fully saturated rings. The monoisotopic (exact) mass is 425 g/mol. The predicted octanol–water partition coefficient (Wildman–Crippen LogP) is 2.70. The second kappa shape index (κ2) is 9.83. The number of benzene rings is 1. The van der Waals surface area contributed by atoms with Gasteiger partial charge in [0.2, 0.25) is 5.91 Å². The summed E-state index contributed by atoms with van der Waals surface area (Å²) in [5.74, 6) is 0.976. The molecule has 4 rings (SSSR count). The van der Waals surface area contributed by atoms with E-state index < -0.39 is 0 Å². The van der Waals surface area contributed by atoms with Crippen LogP contribution in [0.1, 0.15) is 44.7 Å². The predicted molar refractivity (Wildman–Crippen MR) is 121 cm³/mol. The molecule has 0 bridgehead atoms. The molecule has 3 heterocycles. The van der Waals surface area contributed by atoms with Crippen LogP contribution in [0, 0.1) is 0 Å². The number of carbonyl (C=O) groups excluding carboxylic acids is 1. The molecule has 2 saturated heterocycles. The fourth-order valence-electron chi connectivity index (χ4n) is 4.83. The zero-order valence-corrected chi connectivity index (χ0v) is 18.9. The number of rotatable bonds is 7. The van der Waals surface area contributed by atoms with Crippen molar-refractivity contribution in [2.45, 2.75) is 63.9 Å². The number of amides is 1. The van der Waals surface area contributed by atoms with Gasteiger partial charge in [-0.3, -0.25) is 19.3 Å². The minimum Gasteiger partial charge on any atom is -0.489 e. The molecule has 7 nitrogen and oxygen atoms in total. The SMILES string of the molecule is CNC(=O)[C@@H]1C[C@H](Oc2ccccc2)CN1C1CCN(Cc2cnn(C(C)C)c2)CC1. The summed E-state index contributed by atoms with van der Waals surface area (Å²) < 4.78 is 8.22. The van der Waals surface area contributed by atoms with Crippen LogP contribution in [0.3, 0.4) is 0 Å². The summed E-state index contributed by atoms with van der Waals surface area (Å²) >= 11 is 0. The first-order valence-electron chi connectivity index (χ1n) is 11.5. The highest BCUT2D eigenvalue weighted by molar-refractivity contribution is 5.81. The Morgan fingerprint density at radius 2 is 1.97 bits per heavy atom. The number of aromatic nitrogens is 2. The number of likely N-dealkylation sites (N-methyl/N-ethyl adjacent to an activating group) is 1. The van der Waals surface area contributed by atoms with Crippen molar-refractivity contribution >= 4 is 5.91 Å². The Balaban J connectivity index is 1.34. The standard InChI is InChI=1S/C24H35N5O2/c1-18(2)29-16-19(14-26-29)15-27-11-9-20(10-12-27)28-17-22(13-23(28)24(30)25-3)31-21-7-5-4-6-8-21/h4-8,14,16,18,20,22-23H,9-13,15,17H2,1-3H3,(H,25,30)/t22-,23-/m0/s1. The van der Waals surface area contributed by atoms with Crippen molar-refractivity contribution in [2.24, 2.45) is 0 Å². The molecule has 1 N–H and O–H groups in total. The maximum absolute atomic E-state index is 12.6. The van der Waals surface area contributed by atoms with Crippen LogP contribution < -0.4 is 10.1 Å². The summed E-state index contributed by atoms with van der Waals surface area (Å²) in [6.45, 7) is 8.13. The first-order chi connectivity index (χ1) is 15.0. The van der Waals surface area contributed by atoms with Gasteiger partial charge in [-0.15, -0.1) is 0 Å². The van der Waals surface area contributed by atoms with Gasteiger partial charge < -0.3 is 10.1 Å². The average molecular weight is 426 g/mol. The summed E-state index contributed by atoms with van der Waals surface area (Å²) in [6, 6.07) is 10.6. The van der Waals surface area contributed by atoms with Gasteiger partial charge in [-0.25, -0.2) is 0 Å². The first-order valence-corrected chi connectivity index (χ1v) is 11.5. The Bertz CT molecular complexity index is 845. The number of piperidine rings is 1. The van der Waals surface area contributed by atoms with Crippen molar-refractivity contribution in [3.8, 4) is 5.75 Å². The van der Waals surface area contributed by atoms with Crippen molar-refractivity contribution in [2.75, 3.05) is 26.7 Å². The molecule has 0 aliphatic carbocycles. The molecule has 1 amide bonds. The molecule has 0 radical (unpaired) electrons. The maximum atomic E-state index is 12.6. The average Bonchev–Trinajstić information content (AvgIpc) is 3.42. The number of hydrogen-bond acceptors (Lipinski definition) is 5. The second-order valence-corrected chi connectivity index (χ2v) is 9.05. The van der Waals surface area contributed by atoms with Crippen LogP contribution in [-0.2, 0) is 11.3 Å². The minimum absolute atomic E-state index is 0.0459. The molecule has 0 saturated carbocycles. The lowest BCUT2D eigenvalue weighted by Gasteiger charge is -2.38. The van der Waals surface area contributed by atoms with Crippen LogP contribution in [0.4, 0.5) is 0 Å². The Morgan fingerprint density at radius 1 is 1.23 bits per heavy atom. The van der Waals surface area contributed by atoms with Gasteiger partial charge in [0.1, 0.15) is 11.9 Å². The molecular weight excluding hydrogens is 390 g/mol. The fraction of sp³-hybridized carbons (Fsp3) is 0.583. The van der Waals surface area contributed by atoms with E-state index >= 15 is 0 Å².